The van der Waals surface area contributed by atoms with E-state index in [2.05, 4.69) is 11.2 Å². The molecule has 0 bridgehead atoms. The van der Waals surface area contributed by atoms with Gasteiger partial charge in [-0.3, -0.25) is 5.21 Å². The molecule has 0 aromatic heterocycles. The van der Waals surface area contributed by atoms with Crippen molar-refractivity contribution in [2.45, 2.75) is 13.8 Å². The molecule has 20 heavy (non-hydrogen) atoms. The molecule has 2 N–H and O–H groups in total. The van der Waals surface area contributed by atoms with Gasteiger partial charge in [0.1, 0.15) is 5.75 Å². The molecule has 0 amide bonds. The number of ether oxygens (including phenoxy) is 1. The second-order valence-corrected chi connectivity index (χ2v) is 4.38. The predicted molar refractivity (Wildman–Crippen MR) is 80.3 cm³/mol. The molecule has 0 aliphatic rings. The van der Waals surface area contributed by atoms with E-state index in [1.807, 2.05) is 50.2 Å². The van der Waals surface area contributed by atoms with Crippen LogP contribution in [-0.4, -0.2) is 18.0 Å². The smallest absolute Gasteiger partial charge is 0.127 e. The van der Waals surface area contributed by atoms with Gasteiger partial charge in [-0.1, -0.05) is 36.4 Å². The molecule has 0 saturated carbocycles. The number of benzene rings is 2. The molecule has 4 nitrogen and oxygen atoms in total. The van der Waals surface area contributed by atoms with Crippen LogP contribution in [0, 0.1) is 6.92 Å². The lowest BCUT2D eigenvalue weighted by atomic mass is 9.98. The lowest BCUT2D eigenvalue weighted by Crippen LogP contribution is -1.99. The molecule has 0 aliphatic carbocycles. The van der Waals surface area contributed by atoms with E-state index < -0.39 is 0 Å². The average molecular weight is 270 g/mol. The van der Waals surface area contributed by atoms with Crippen molar-refractivity contribution >= 4 is 6.21 Å². The fourth-order valence-electron chi connectivity index (χ4n) is 2.08. The second kappa shape index (κ2) is 6.73. The van der Waals surface area contributed by atoms with Gasteiger partial charge < -0.3 is 4.74 Å². The van der Waals surface area contributed by atoms with Gasteiger partial charge >= 0.3 is 0 Å². The number of nitrogens with zero attached hydrogens (tertiary/aromatic N) is 1. The van der Waals surface area contributed by atoms with Crippen LogP contribution in [0.2, 0.25) is 0 Å². The van der Waals surface area contributed by atoms with Gasteiger partial charge in [0.05, 0.1) is 12.8 Å². The zero-order valence-corrected chi connectivity index (χ0v) is 11.6. The zero-order valence-electron chi connectivity index (χ0n) is 11.6. The molecule has 2 rings (SSSR count). The molecule has 0 aliphatic heterocycles. The van der Waals surface area contributed by atoms with E-state index in [0.29, 0.717) is 6.61 Å². The van der Waals surface area contributed by atoms with Crippen molar-refractivity contribution in [3.8, 4) is 16.9 Å². The molecule has 104 valence electrons. The summed E-state index contributed by atoms with van der Waals surface area (Å²) in [6.45, 7) is 4.62. The van der Waals surface area contributed by atoms with Gasteiger partial charge in [-0.2, -0.15) is 10.7 Å². The monoisotopic (exact) mass is 270 g/mol. The van der Waals surface area contributed by atoms with Crippen molar-refractivity contribution in [2.75, 3.05) is 6.61 Å². The number of hydrogen-bond donors (Lipinski definition) is 2. The lowest BCUT2D eigenvalue weighted by molar-refractivity contribution is 0.173. The Hall–Kier alpha value is -2.33. The van der Waals surface area contributed by atoms with E-state index in [1.54, 1.807) is 11.8 Å². The van der Waals surface area contributed by atoms with Crippen molar-refractivity contribution in [2.24, 2.45) is 5.10 Å². The van der Waals surface area contributed by atoms with Crippen molar-refractivity contribution in [1.29, 1.82) is 0 Å². The van der Waals surface area contributed by atoms with E-state index >= 15 is 0 Å². The minimum Gasteiger partial charge on any atom is -0.493 e. The molecule has 0 unspecified atom stereocenters. The van der Waals surface area contributed by atoms with Gasteiger partial charge in [0.15, 0.2) is 0 Å². The number of nitrogens with one attached hydrogen (secondary N) is 1. The molecule has 0 radical (unpaired) electrons. The first-order valence-electron chi connectivity index (χ1n) is 6.51. The first-order valence-corrected chi connectivity index (χ1v) is 6.51. The lowest BCUT2D eigenvalue weighted by Gasteiger charge is -2.13. The molecule has 0 heterocycles. The summed E-state index contributed by atoms with van der Waals surface area (Å²) < 4.78 is 5.72. The summed E-state index contributed by atoms with van der Waals surface area (Å²) in [5.74, 6) is 0.852. The Labute approximate surface area is 118 Å². The Kier molecular flexibility index (Phi) is 4.74. The maximum atomic E-state index is 8.59. The van der Waals surface area contributed by atoms with Crippen LogP contribution in [0.3, 0.4) is 0 Å². The Balaban J connectivity index is 2.53. The SMILES string of the molecule is CCOc1cc(C)ccc1-c1ccccc1C=NNO. The molecule has 0 saturated heterocycles. The molecule has 0 fully saturated rings. The highest BCUT2D eigenvalue weighted by Crippen LogP contribution is 2.32. The quantitative estimate of drug-likeness (QED) is 0.647. The summed E-state index contributed by atoms with van der Waals surface area (Å²) in [5.41, 5.74) is 5.86. The molecule has 2 aromatic rings. The number of aryl methyl sites for hydroxylation is 1. The molecule has 4 heteroatoms. The largest absolute Gasteiger partial charge is 0.493 e. The summed E-state index contributed by atoms with van der Waals surface area (Å²) in [5, 5.41) is 12.3. The minimum atomic E-state index is 0.616. The highest BCUT2D eigenvalue weighted by Gasteiger charge is 2.09. The summed E-state index contributed by atoms with van der Waals surface area (Å²) >= 11 is 0. The molecule has 0 spiro atoms. The molecule has 0 atom stereocenters. The third-order valence-electron chi connectivity index (χ3n) is 2.95. The number of rotatable bonds is 5. The van der Waals surface area contributed by atoms with Crippen LogP contribution in [0.25, 0.3) is 11.1 Å². The van der Waals surface area contributed by atoms with Gasteiger partial charge in [0.2, 0.25) is 0 Å². The zero-order chi connectivity index (χ0) is 14.4. The summed E-state index contributed by atoms with van der Waals surface area (Å²) in [4.78, 5) is 0. The first-order chi connectivity index (χ1) is 9.76. The van der Waals surface area contributed by atoms with Crippen LogP contribution in [-0.2, 0) is 0 Å². The minimum absolute atomic E-state index is 0.616. The number of hydrogen-bond acceptors (Lipinski definition) is 4. The van der Waals surface area contributed by atoms with Gasteiger partial charge in [0.25, 0.3) is 0 Å². The standard InChI is InChI=1S/C16H18N2O2/c1-3-20-16-10-12(2)8-9-15(16)14-7-5-4-6-13(14)11-17-18-19/h4-11,18-19H,3H2,1-2H3. The highest BCUT2D eigenvalue weighted by molar-refractivity contribution is 5.91. The third kappa shape index (κ3) is 3.16. The van der Waals surface area contributed by atoms with Gasteiger partial charge in [-0.05, 0) is 31.0 Å². The second-order valence-electron chi connectivity index (χ2n) is 4.38. The Morgan fingerprint density at radius 2 is 2.00 bits per heavy atom. The summed E-state index contributed by atoms with van der Waals surface area (Å²) in [6.07, 6.45) is 1.57. The molecule has 2 aromatic carbocycles. The van der Waals surface area contributed by atoms with Crippen molar-refractivity contribution in [3.05, 3.63) is 53.6 Å². The first kappa shape index (κ1) is 14.1. The van der Waals surface area contributed by atoms with Crippen LogP contribution >= 0.6 is 0 Å². The van der Waals surface area contributed by atoms with E-state index in [9.17, 15) is 0 Å². The van der Waals surface area contributed by atoms with Crippen LogP contribution in [0.5, 0.6) is 5.75 Å². The Morgan fingerprint density at radius 1 is 1.20 bits per heavy atom. The predicted octanol–water partition coefficient (Wildman–Crippen LogP) is 3.37. The average Bonchev–Trinajstić information content (AvgIpc) is 2.46. The van der Waals surface area contributed by atoms with E-state index in [4.69, 9.17) is 9.94 Å². The number of hydrazone groups is 1. The normalized spacial score (nSPS) is 10.8. The summed E-state index contributed by atoms with van der Waals surface area (Å²) in [7, 11) is 0. The Morgan fingerprint density at radius 3 is 2.75 bits per heavy atom. The van der Waals surface area contributed by atoms with Gasteiger partial charge in [-0.15, -0.1) is 0 Å². The van der Waals surface area contributed by atoms with Crippen molar-refractivity contribution in [3.63, 3.8) is 0 Å². The van der Waals surface area contributed by atoms with Crippen LogP contribution in [0.15, 0.2) is 47.6 Å². The van der Waals surface area contributed by atoms with E-state index in [1.165, 1.54) is 0 Å². The van der Waals surface area contributed by atoms with E-state index in [0.717, 1.165) is 28.0 Å². The fourth-order valence-corrected chi connectivity index (χ4v) is 2.08. The maximum absolute atomic E-state index is 8.59. The van der Waals surface area contributed by atoms with Crippen LogP contribution < -0.4 is 10.3 Å². The fraction of sp³-hybridized carbons (Fsp3) is 0.188. The van der Waals surface area contributed by atoms with Crippen molar-refractivity contribution < 1.29 is 9.94 Å². The van der Waals surface area contributed by atoms with E-state index in [-0.39, 0.29) is 0 Å². The Bertz CT molecular complexity index is 609. The van der Waals surface area contributed by atoms with Gasteiger partial charge in [-0.25, -0.2) is 0 Å². The topological polar surface area (TPSA) is 53.8 Å². The van der Waals surface area contributed by atoms with Gasteiger partial charge in [0, 0.05) is 11.1 Å². The molecular formula is C16H18N2O2. The molecular weight excluding hydrogens is 252 g/mol. The highest BCUT2D eigenvalue weighted by atomic mass is 16.5. The van der Waals surface area contributed by atoms with Crippen LogP contribution in [0.4, 0.5) is 0 Å². The van der Waals surface area contributed by atoms with Crippen LogP contribution in [0.1, 0.15) is 18.1 Å². The summed E-state index contributed by atoms with van der Waals surface area (Å²) in [6, 6.07) is 14.0. The maximum Gasteiger partial charge on any atom is 0.127 e. The third-order valence-corrected chi connectivity index (χ3v) is 2.95. The van der Waals surface area contributed by atoms with Crippen molar-refractivity contribution in [1.82, 2.24) is 5.59 Å².